The van der Waals surface area contributed by atoms with Gasteiger partial charge in [0.25, 0.3) is 0 Å². The van der Waals surface area contributed by atoms with Gasteiger partial charge in [-0.25, -0.2) is 0 Å². The molecule has 1 aliphatic rings. The van der Waals surface area contributed by atoms with Crippen molar-refractivity contribution in [3.05, 3.63) is 24.2 Å². The Bertz CT molecular complexity index is 384. The molecular weight excluding hydrogens is 250 g/mol. The molecule has 4 nitrogen and oxygen atoms in total. The summed E-state index contributed by atoms with van der Waals surface area (Å²) in [6.45, 7) is 5.24. The van der Waals surface area contributed by atoms with Crippen LogP contribution in [0.2, 0.25) is 0 Å². The SMILES string of the molecule is CC(CNCc1ccco1)N(C)CC1(N(C)C)CCC1. The second-order valence-corrected chi connectivity index (χ2v) is 6.45. The number of hydrogen-bond acceptors (Lipinski definition) is 4. The zero-order valence-corrected chi connectivity index (χ0v) is 13.4. The highest BCUT2D eigenvalue weighted by molar-refractivity contribution is 4.99. The molecule has 1 aromatic heterocycles. The molecule has 0 radical (unpaired) electrons. The van der Waals surface area contributed by atoms with Crippen molar-refractivity contribution < 1.29 is 4.42 Å². The van der Waals surface area contributed by atoms with Gasteiger partial charge in [-0.2, -0.15) is 0 Å². The van der Waals surface area contributed by atoms with E-state index >= 15 is 0 Å². The molecule has 2 rings (SSSR count). The Morgan fingerprint density at radius 3 is 2.60 bits per heavy atom. The van der Waals surface area contributed by atoms with Gasteiger partial charge in [0.1, 0.15) is 5.76 Å². The summed E-state index contributed by atoms with van der Waals surface area (Å²) in [6.07, 6.45) is 5.76. The predicted molar refractivity (Wildman–Crippen MR) is 82.8 cm³/mol. The summed E-state index contributed by atoms with van der Waals surface area (Å²) in [4.78, 5) is 4.89. The van der Waals surface area contributed by atoms with Crippen LogP contribution < -0.4 is 5.32 Å². The maximum atomic E-state index is 5.33. The molecule has 0 saturated heterocycles. The first kappa shape index (κ1) is 15.5. The molecule has 1 unspecified atom stereocenters. The van der Waals surface area contributed by atoms with Gasteiger partial charge < -0.3 is 19.5 Å². The molecule has 0 amide bonds. The van der Waals surface area contributed by atoms with E-state index in [1.165, 1.54) is 19.3 Å². The van der Waals surface area contributed by atoms with Crippen LogP contribution >= 0.6 is 0 Å². The third kappa shape index (κ3) is 3.62. The monoisotopic (exact) mass is 279 g/mol. The minimum atomic E-state index is 0.407. The van der Waals surface area contributed by atoms with Crippen molar-refractivity contribution in [1.82, 2.24) is 15.1 Å². The Balaban J connectivity index is 1.72. The van der Waals surface area contributed by atoms with Crippen molar-refractivity contribution in [3.63, 3.8) is 0 Å². The molecule has 4 heteroatoms. The van der Waals surface area contributed by atoms with Gasteiger partial charge >= 0.3 is 0 Å². The van der Waals surface area contributed by atoms with E-state index in [0.717, 1.165) is 25.4 Å². The van der Waals surface area contributed by atoms with E-state index in [2.05, 4.69) is 43.2 Å². The van der Waals surface area contributed by atoms with E-state index in [1.807, 2.05) is 12.1 Å². The first-order valence-electron chi connectivity index (χ1n) is 7.64. The topological polar surface area (TPSA) is 31.7 Å². The number of nitrogens with zero attached hydrogens (tertiary/aromatic N) is 2. The Morgan fingerprint density at radius 2 is 2.10 bits per heavy atom. The molecule has 1 N–H and O–H groups in total. The van der Waals surface area contributed by atoms with Crippen molar-refractivity contribution in [3.8, 4) is 0 Å². The summed E-state index contributed by atoms with van der Waals surface area (Å²) in [5.74, 6) is 1.00. The van der Waals surface area contributed by atoms with Crippen molar-refractivity contribution in [2.45, 2.75) is 44.3 Å². The smallest absolute Gasteiger partial charge is 0.117 e. The van der Waals surface area contributed by atoms with Crippen LogP contribution in [0.15, 0.2) is 22.8 Å². The molecule has 0 aliphatic heterocycles. The fourth-order valence-corrected chi connectivity index (χ4v) is 2.92. The zero-order valence-electron chi connectivity index (χ0n) is 13.4. The van der Waals surface area contributed by atoms with E-state index in [1.54, 1.807) is 6.26 Å². The Kier molecular flexibility index (Phi) is 5.24. The molecule has 1 aliphatic carbocycles. The number of hydrogen-bond donors (Lipinski definition) is 1. The minimum absolute atomic E-state index is 0.407. The van der Waals surface area contributed by atoms with E-state index < -0.39 is 0 Å². The van der Waals surface area contributed by atoms with E-state index in [0.29, 0.717) is 11.6 Å². The first-order valence-corrected chi connectivity index (χ1v) is 7.64. The number of likely N-dealkylation sites (N-methyl/N-ethyl adjacent to an activating group) is 2. The quantitative estimate of drug-likeness (QED) is 0.790. The van der Waals surface area contributed by atoms with Crippen molar-refractivity contribution in [1.29, 1.82) is 0 Å². The second-order valence-electron chi connectivity index (χ2n) is 6.45. The zero-order chi connectivity index (χ0) is 14.6. The van der Waals surface area contributed by atoms with Crippen molar-refractivity contribution >= 4 is 0 Å². The average molecular weight is 279 g/mol. The lowest BCUT2D eigenvalue weighted by molar-refractivity contribution is 0.0182. The first-order chi connectivity index (χ1) is 9.53. The third-order valence-corrected chi connectivity index (χ3v) is 4.85. The lowest BCUT2D eigenvalue weighted by atomic mass is 9.75. The molecule has 20 heavy (non-hydrogen) atoms. The van der Waals surface area contributed by atoms with Crippen LogP contribution in [0.4, 0.5) is 0 Å². The van der Waals surface area contributed by atoms with E-state index in [-0.39, 0.29) is 0 Å². The minimum Gasteiger partial charge on any atom is -0.468 e. The lowest BCUT2D eigenvalue weighted by Crippen LogP contribution is -2.58. The lowest BCUT2D eigenvalue weighted by Gasteiger charge is -2.50. The largest absolute Gasteiger partial charge is 0.468 e. The van der Waals surface area contributed by atoms with Gasteiger partial charge in [0.05, 0.1) is 12.8 Å². The summed E-state index contributed by atoms with van der Waals surface area (Å²) >= 11 is 0. The maximum Gasteiger partial charge on any atom is 0.117 e. The summed E-state index contributed by atoms with van der Waals surface area (Å²) in [5.41, 5.74) is 0.407. The Morgan fingerprint density at radius 1 is 1.35 bits per heavy atom. The van der Waals surface area contributed by atoms with Crippen LogP contribution in [0.3, 0.4) is 0 Å². The van der Waals surface area contributed by atoms with Crippen LogP contribution in [-0.2, 0) is 6.54 Å². The van der Waals surface area contributed by atoms with Crippen LogP contribution in [0.25, 0.3) is 0 Å². The molecule has 1 saturated carbocycles. The van der Waals surface area contributed by atoms with Crippen molar-refractivity contribution in [2.24, 2.45) is 0 Å². The average Bonchev–Trinajstić information content (AvgIpc) is 2.85. The van der Waals surface area contributed by atoms with Gasteiger partial charge in [-0.1, -0.05) is 0 Å². The van der Waals surface area contributed by atoms with Crippen LogP contribution in [0.1, 0.15) is 31.9 Å². The third-order valence-electron chi connectivity index (χ3n) is 4.85. The predicted octanol–water partition coefficient (Wildman–Crippen LogP) is 2.17. The molecular formula is C16H29N3O. The van der Waals surface area contributed by atoms with Gasteiger partial charge in [-0.3, -0.25) is 0 Å². The Hall–Kier alpha value is -0.840. The molecule has 0 aromatic carbocycles. The molecule has 1 fully saturated rings. The second kappa shape index (κ2) is 6.74. The van der Waals surface area contributed by atoms with Crippen molar-refractivity contribution in [2.75, 3.05) is 34.2 Å². The van der Waals surface area contributed by atoms with E-state index in [9.17, 15) is 0 Å². The van der Waals surface area contributed by atoms with E-state index in [4.69, 9.17) is 4.42 Å². The molecule has 1 atom stereocenters. The fraction of sp³-hybridized carbons (Fsp3) is 0.750. The van der Waals surface area contributed by atoms with Gasteiger partial charge in [0.2, 0.25) is 0 Å². The molecule has 114 valence electrons. The van der Waals surface area contributed by atoms with Crippen LogP contribution in [0, 0.1) is 0 Å². The molecule has 0 spiro atoms. The molecule has 1 heterocycles. The maximum absolute atomic E-state index is 5.33. The fourth-order valence-electron chi connectivity index (χ4n) is 2.92. The number of nitrogens with one attached hydrogen (secondary N) is 1. The molecule has 0 bridgehead atoms. The summed E-state index contributed by atoms with van der Waals surface area (Å²) in [6, 6.07) is 4.48. The van der Waals surface area contributed by atoms with Crippen LogP contribution in [-0.4, -0.2) is 55.6 Å². The number of furan rings is 1. The normalized spacial score (nSPS) is 19.3. The molecule has 1 aromatic rings. The summed E-state index contributed by atoms with van der Waals surface area (Å²) < 4.78 is 5.33. The summed E-state index contributed by atoms with van der Waals surface area (Å²) in [7, 11) is 6.67. The highest BCUT2D eigenvalue weighted by atomic mass is 16.3. The van der Waals surface area contributed by atoms with Gasteiger partial charge in [-0.05, 0) is 59.5 Å². The number of rotatable bonds is 8. The van der Waals surface area contributed by atoms with Gasteiger partial charge in [0, 0.05) is 24.7 Å². The highest BCUT2D eigenvalue weighted by Gasteiger charge is 2.40. The van der Waals surface area contributed by atoms with Gasteiger partial charge in [-0.15, -0.1) is 0 Å². The van der Waals surface area contributed by atoms with Gasteiger partial charge in [0.15, 0.2) is 0 Å². The highest BCUT2D eigenvalue weighted by Crippen LogP contribution is 2.36. The standard InChI is InChI=1S/C16H29N3O/c1-14(11-17-12-15-7-5-10-20-15)19(4)13-16(18(2)3)8-6-9-16/h5,7,10,14,17H,6,8-9,11-13H2,1-4H3. The Labute approximate surface area is 123 Å². The van der Waals surface area contributed by atoms with Crippen LogP contribution in [0.5, 0.6) is 0 Å². The summed E-state index contributed by atoms with van der Waals surface area (Å²) in [5, 5.41) is 3.47.